The van der Waals surface area contributed by atoms with Gasteiger partial charge in [0.25, 0.3) is 10.0 Å². The Morgan fingerprint density at radius 2 is 1.59 bits per heavy atom. The molecule has 0 aliphatic heterocycles. The molecule has 7 nitrogen and oxygen atoms in total. The summed E-state index contributed by atoms with van der Waals surface area (Å²) in [5, 5.41) is 3.73. The van der Waals surface area contributed by atoms with E-state index in [9.17, 15) is 18.0 Å². The maximum atomic E-state index is 13.9. The van der Waals surface area contributed by atoms with Crippen LogP contribution in [-0.2, 0) is 26.2 Å². The van der Waals surface area contributed by atoms with Crippen molar-refractivity contribution in [3.05, 3.63) is 93.5 Å². The van der Waals surface area contributed by atoms with Crippen LogP contribution >= 0.6 is 23.2 Å². The number of halogens is 2. The van der Waals surface area contributed by atoms with Gasteiger partial charge in [0.15, 0.2) is 0 Å². The molecule has 0 saturated carbocycles. The van der Waals surface area contributed by atoms with Gasteiger partial charge in [-0.05, 0) is 74.7 Å². The minimum Gasteiger partial charge on any atom is -0.354 e. The summed E-state index contributed by atoms with van der Waals surface area (Å²) >= 11 is 12.4. The number of hydrogen-bond donors (Lipinski definition) is 1. The largest absolute Gasteiger partial charge is 0.354 e. The topological polar surface area (TPSA) is 86.8 Å². The Balaban J connectivity index is 2.04. The zero-order chi connectivity index (χ0) is 28.7. The molecule has 0 aliphatic carbocycles. The Bertz CT molecular complexity index is 1410. The van der Waals surface area contributed by atoms with E-state index in [1.54, 1.807) is 62.4 Å². The van der Waals surface area contributed by atoms with E-state index >= 15 is 0 Å². The molecule has 10 heteroatoms. The SMILES string of the molecule is CCCNC(=O)C(C)N(Cc1ccc(Cl)cc1)C(=O)CN(c1ccc(C)c(Cl)c1)S(=O)(=O)c1ccc(C)cc1. The zero-order valence-electron chi connectivity index (χ0n) is 22.4. The molecule has 0 aliphatic rings. The second-order valence-corrected chi connectivity index (χ2v) is 12.1. The van der Waals surface area contributed by atoms with Crippen LogP contribution in [0.5, 0.6) is 0 Å². The second kappa shape index (κ2) is 13.3. The summed E-state index contributed by atoms with van der Waals surface area (Å²) in [6.07, 6.45) is 0.736. The minimum atomic E-state index is -4.16. The van der Waals surface area contributed by atoms with E-state index in [-0.39, 0.29) is 23.0 Å². The van der Waals surface area contributed by atoms with Gasteiger partial charge in [0.05, 0.1) is 10.6 Å². The first-order chi connectivity index (χ1) is 18.4. The Kier molecular flexibility index (Phi) is 10.4. The number of benzene rings is 3. The molecule has 1 atom stereocenters. The number of carbonyl (C=O) groups excluding carboxylic acids is 2. The standard InChI is InChI=1S/C29H33Cl2N3O4S/c1-5-16-32-29(36)22(4)33(18-23-9-11-24(30)12-10-23)28(35)19-34(25-13-8-21(3)27(31)17-25)39(37,38)26-14-6-20(2)7-15-26/h6-15,17,22H,5,16,18-19H2,1-4H3,(H,32,36). The first-order valence-electron chi connectivity index (χ1n) is 12.6. The van der Waals surface area contributed by atoms with Crippen LogP contribution in [0, 0.1) is 13.8 Å². The van der Waals surface area contributed by atoms with Crippen molar-refractivity contribution < 1.29 is 18.0 Å². The molecular formula is C29H33Cl2N3O4S. The fourth-order valence-electron chi connectivity index (χ4n) is 3.87. The number of aryl methyl sites for hydroxylation is 2. The smallest absolute Gasteiger partial charge is 0.264 e. The Morgan fingerprint density at radius 3 is 2.18 bits per heavy atom. The van der Waals surface area contributed by atoms with Gasteiger partial charge in [-0.15, -0.1) is 0 Å². The zero-order valence-corrected chi connectivity index (χ0v) is 24.8. The van der Waals surface area contributed by atoms with E-state index < -0.39 is 28.5 Å². The van der Waals surface area contributed by atoms with Gasteiger partial charge in [-0.2, -0.15) is 0 Å². The summed E-state index contributed by atoms with van der Waals surface area (Å²) in [6, 6.07) is 17.3. The average molecular weight is 591 g/mol. The summed E-state index contributed by atoms with van der Waals surface area (Å²) in [6.45, 7) is 7.24. The van der Waals surface area contributed by atoms with E-state index in [0.29, 0.717) is 16.6 Å². The molecule has 3 aromatic rings. The van der Waals surface area contributed by atoms with Crippen LogP contribution in [0.25, 0.3) is 0 Å². The van der Waals surface area contributed by atoms with Gasteiger partial charge in [0, 0.05) is 23.1 Å². The number of amides is 2. The highest BCUT2D eigenvalue weighted by molar-refractivity contribution is 7.92. The molecule has 2 amide bonds. The highest BCUT2D eigenvalue weighted by atomic mass is 35.5. The number of nitrogens with one attached hydrogen (secondary N) is 1. The third-order valence-corrected chi connectivity index (χ3v) is 8.76. The van der Waals surface area contributed by atoms with Crippen molar-refractivity contribution in [3.8, 4) is 0 Å². The molecule has 0 fully saturated rings. The molecule has 0 spiro atoms. The quantitative estimate of drug-likeness (QED) is 0.308. The summed E-state index contributed by atoms with van der Waals surface area (Å²) < 4.78 is 28.8. The highest BCUT2D eigenvalue weighted by Gasteiger charge is 2.32. The van der Waals surface area contributed by atoms with Gasteiger partial charge in [0.2, 0.25) is 11.8 Å². The number of sulfonamides is 1. The minimum absolute atomic E-state index is 0.0376. The third-order valence-electron chi connectivity index (χ3n) is 6.31. The lowest BCUT2D eigenvalue weighted by molar-refractivity contribution is -0.139. The maximum absolute atomic E-state index is 13.9. The molecule has 208 valence electrons. The van der Waals surface area contributed by atoms with Crippen molar-refractivity contribution in [2.75, 3.05) is 17.4 Å². The fourth-order valence-corrected chi connectivity index (χ4v) is 5.57. The first-order valence-corrected chi connectivity index (χ1v) is 14.8. The maximum Gasteiger partial charge on any atom is 0.264 e. The van der Waals surface area contributed by atoms with Crippen LogP contribution in [0.4, 0.5) is 5.69 Å². The Labute approximate surface area is 240 Å². The lowest BCUT2D eigenvalue weighted by Crippen LogP contribution is -2.51. The predicted molar refractivity (Wildman–Crippen MR) is 157 cm³/mol. The summed E-state index contributed by atoms with van der Waals surface area (Å²) in [5.41, 5.74) is 2.66. The van der Waals surface area contributed by atoms with Gasteiger partial charge >= 0.3 is 0 Å². The van der Waals surface area contributed by atoms with Gasteiger partial charge < -0.3 is 10.2 Å². The molecule has 39 heavy (non-hydrogen) atoms. The summed E-state index contributed by atoms with van der Waals surface area (Å²) in [4.78, 5) is 28.2. The summed E-state index contributed by atoms with van der Waals surface area (Å²) in [7, 11) is -4.16. The Hall–Kier alpha value is -3.07. The molecular weight excluding hydrogens is 557 g/mol. The number of nitrogens with zero attached hydrogens (tertiary/aromatic N) is 2. The van der Waals surface area contributed by atoms with Crippen LogP contribution < -0.4 is 9.62 Å². The molecule has 0 saturated heterocycles. The molecule has 1 unspecified atom stereocenters. The van der Waals surface area contributed by atoms with Gasteiger partial charge in [-0.1, -0.05) is 66.0 Å². The van der Waals surface area contributed by atoms with Gasteiger partial charge in [-0.3, -0.25) is 13.9 Å². The lowest BCUT2D eigenvalue weighted by atomic mass is 10.1. The number of hydrogen-bond acceptors (Lipinski definition) is 4. The number of anilines is 1. The molecule has 0 radical (unpaired) electrons. The van der Waals surface area contributed by atoms with E-state index in [1.807, 2.05) is 13.8 Å². The second-order valence-electron chi connectivity index (χ2n) is 9.37. The fraction of sp³-hybridized carbons (Fsp3) is 0.310. The van der Waals surface area contributed by atoms with Gasteiger partial charge in [-0.25, -0.2) is 8.42 Å². The van der Waals surface area contributed by atoms with Crippen molar-refractivity contribution in [2.24, 2.45) is 0 Å². The van der Waals surface area contributed by atoms with Crippen molar-refractivity contribution in [1.29, 1.82) is 0 Å². The molecule has 0 aromatic heterocycles. The lowest BCUT2D eigenvalue weighted by Gasteiger charge is -2.32. The predicted octanol–water partition coefficient (Wildman–Crippen LogP) is 5.75. The van der Waals surface area contributed by atoms with Crippen molar-refractivity contribution in [2.45, 2.75) is 51.6 Å². The number of carbonyl (C=O) groups is 2. The molecule has 0 heterocycles. The van der Waals surface area contributed by atoms with E-state index in [2.05, 4.69) is 5.32 Å². The molecule has 3 aromatic carbocycles. The number of rotatable bonds is 11. The monoisotopic (exact) mass is 589 g/mol. The molecule has 3 rings (SSSR count). The van der Waals surface area contributed by atoms with E-state index in [4.69, 9.17) is 23.2 Å². The Morgan fingerprint density at radius 1 is 0.949 bits per heavy atom. The van der Waals surface area contributed by atoms with Crippen LogP contribution in [0.3, 0.4) is 0 Å². The van der Waals surface area contributed by atoms with Crippen molar-refractivity contribution in [1.82, 2.24) is 10.2 Å². The summed E-state index contributed by atoms with van der Waals surface area (Å²) in [5.74, 6) is -0.873. The van der Waals surface area contributed by atoms with Crippen LogP contribution in [0.1, 0.15) is 37.0 Å². The van der Waals surface area contributed by atoms with E-state index in [0.717, 1.165) is 27.4 Å². The average Bonchev–Trinajstić information content (AvgIpc) is 2.91. The first kappa shape index (κ1) is 30.5. The highest BCUT2D eigenvalue weighted by Crippen LogP contribution is 2.29. The van der Waals surface area contributed by atoms with Crippen LogP contribution in [-0.4, -0.2) is 44.3 Å². The molecule has 1 N–H and O–H groups in total. The third kappa shape index (κ3) is 7.75. The normalized spacial score (nSPS) is 12.1. The van der Waals surface area contributed by atoms with Crippen LogP contribution in [0.2, 0.25) is 10.0 Å². The van der Waals surface area contributed by atoms with E-state index in [1.165, 1.54) is 23.1 Å². The molecule has 0 bridgehead atoms. The van der Waals surface area contributed by atoms with Crippen LogP contribution in [0.15, 0.2) is 71.6 Å². The van der Waals surface area contributed by atoms with Crippen molar-refractivity contribution >= 4 is 50.7 Å². The van der Waals surface area contributed by atoms with Gasteiger partial charge in [0.1, 0.15) is 12.6 Å². The van der Waals surface area contributed by atoms with Crippen molar-refractivity contribution in [3.63, 3.8) is 0 Å².